The summed E-state index contributed by atoms with van der Waals surface area (Å²) >= 11 is 0. The second kappa shape index (κ2) is 9.80. The van der Waals surface area contributed by atoms with Gasteiger partial charge in [-0.3, -0.25) is 9.69 Å². The molecule has 3 fully saturated rings. The molecule has 2 heterocycles. The Morgan fingerprint density at radius 2 is 1.77 bits per heavy atom. The van der Waals surface area contributed by atoms with Gasteiger partial charge in [0.25, 0.3) is 0 Å². The summed E-state index contributed by atoms with van der Waals surface area (Å²) in [5.41, 5.74) is 0.262. The van der Waals surface area contributed by atoms with Crippen molar-refractivity contribution in [1.29, 1.82) is 0 Å². The van der Waals surface area contributed by atoms with Crippen LogP contribution in [0.5, 0.6) is 0 Å². The smallest absolute Gasteiger partial charge is 0.356 e. The summed E-state index contributed by atoms with van der Waals surface area (Å²) in [5, 5.41) is 6.40. The molecule has 0 radical (unpaired) electrons. The van der Waals surface area contributed by atoms with Crippen molar-refractivity contribution in [2.75, 3.05) is 39.3 Å². The fourth-order valence-electron chi connectivity index (χ4n) is 4.41. The largest absolute Gasteiger partial charge is 0.401 e. The predicted octanol–water partition coefficient (Wildman–Crippen LogP) is 3.00. The number of hydrogen-bond donors (Lipinski definition) is 2. The zero-order valence-electron chi connectivity index (χ0n) is 14.9. The molecule has 3 aliphatic rings. The van der Waals surface area contributed by atoms with Gasteiger partial charge in [-0.05, 0) is 76.0 Å². The highest BCUT2D eigenvalue weighted by molar-refractivity contribution is 5.85. The molecular weight excluding hydrogens is 390 g/mol. The minimum Gasteiger partial charge on any atom is -0.356 e. The highest BCUT2D eigenvalue weighted by atomic mass is 35.5. The highest BCUT2D eigenvalue weighted by Crippen LogP contribution is 2.58. The molecule has 1 spiro atoms. The van der Waals surface area contributed by atoms with E-state index in [2.05, 4.69) is 10.6 Å². The number of hydrogen-bond acceptors (Lipinski definition) is 3. The van der Waals surface area contributed by atoms with Gasteiger partial charge in [-0.2, -0.15) is 13.2 Å². The van der Waals surface area contributed by atoms with Crippen LogP contribution in [0.2, 0.25) is 0 Å². The van der Waals surface area contributed by atoms with Gasteiger partial charge in [0.15, 0.2) is 0 Å². The van der Waals surface area contributed by atoms with Crippen LogP contribution in [0.15, 0.2) is 0 Å². The average Bonchev–Trinajstić information content (AvgIpc) is 3.21. The fraction of sp³-hybridized carbons (Fsp3) is 0.941. The first kappa shape index (κ1) is 23.8. The van der Waals surface area contributed by atoms with Gasteiger partial charge in [0, 0.05) is 12.5 Å². The van der Waals surface area contributed by atoms with E-state index in [0.717, 1.165) is 51.6 Å². The maximum absolute atomic E-state index is 12.4. The third-order valence-electron chi connectivity index (χ3n) is 6.07. The summed E-state index contributed by atoms with van der Waals surface area (Å²) in [5.74, 6) is 0.807. The summed E-state index contributed by atoms with van der Waals surface area (Å²) in [4.78, 5) is 13.8. The Labute approximate surface area is 165 Å². The quantitative estimate of drug-likeness (QED) is 0.719. The first-order chi connectivity index (χ1) is 11.4. The first-order valence-electron chi connectivity index (χ1n) is 9.15. The molecule has 2 saturated heterocycles. The number of carbonyl (C=O) groups is 1. The summed E-state index contributed by atoms with van der Waals surface area (Å²) in [6.07, 6.45) is 1.60. The van der Waals surface area contributed by atoms with Crippen molar-refractivity contribution in [2.45, 2.75) is 44.7 Å². The fourth-order valence-corrected chi connectivity index (χ4v) is 4.41. The number of piperidine rings is 2. The number of rotatable bonds is 5. The van der Waals surface area contributed by atoms with E-state index in [-0.39, 0.29) is 42.1 Å². The molecule has 2 aliphatic heterocycles. The van der Waals surface area contributed by atoms with E-state index in [0.29, 0.717) is 25.6 Å². The summed E-state index contributed by atoms with van der Waals surface area (Å²) in [7, 11) is 0. The Morgan fingerprint density at radius 1 is 1.15 bits per heavy atom. The van der Waals surface area contributed by atoms with Gasteiger partial charge in [-0.25, -0.2) is 0 Å². The van der Waals surface area contributed by atoms with Gasteiger partial charge in [-0.15, -0.1) is 24.8 Å². The Balaban J connectivity index is 0.00000169. The van der Waals surface area contributed by atoms with Crippen molar-refractivity contribution >= 4 is 30.7 Å². The lowest BCUT2D eigenvalue weighted by Crippen LogP contribution is -2.40. The molecule has 9 heteroatoms. The molecule has 1 saturated carbocycles. The minimum absolute atomic E-state index is 0. The van der Waals surface area contributed by atoms with Crippen molar-refractivity contribution in [1.82, 2.24) is 15.5 Å². The van der Waals surface area contributed by atoms with E-state index in [1.54, 1.807) is 0 Å². The van der Waals surface area contributed by atoms with Crippen molar-refractivity contribution in [2.24, 2.45) is 17.3 Å². The highest BCUT2D eigenvalue weighted by Gasteiger charge is 2.57. The van der Waals surface area contributed by atoms with Gasteiger partial charge in [-0.1, -0.05) is 0 Å². The summed E-state index contributed by atoms with van der Waals surface area (Å²) in [6, 6.07) is 0. The number of halogens is 5. The van der Waals surface area contributed by atoms with Crippen LogP contribution in [0.1, 0.15) is 38.5 Å². The van der Waals surface area contributed by atoms with Gasteiger partial charge in [0.2, 0.25) is 5.91 Å². The lowest BCUT2D eigenvalue weighted by atomic mass is 9.91. The number of nitrogens with zero attached hydrogens (tertiary/aromatic N) is 1. The Kier molecular flexibility index (Phi) is 8.97. The molecule has 154 valence electrons. The second-order valence-corrected chi connectivity index (χ2v) is 7.78. The molecule has 1 unspecified atom stereocenters. The van der Waals surface area contributed by atoms with Crippen LogP contribution >= 0.6 is 24.8 Å². The third-order valence-corrected chi connectivity index (χ3v) is 6.07. The van der Waals surface area contributed by atoms with Crippen molar-refractivity contribution in [3.05, 3.63) is 0 Å². The van der Waals surface area contributed by atoms with Gasteiger partial charge >= 0.3 is 6.18 Å². The molecule has 0 aromatic rings. The Bertz CT molecular complexity index is 451. The van der Waals surface area contributed by atoms with Crippen molar-refractivity contribution in [3.8, 4) is 0 Å². The number of alkyl halides is 3. The predicted molar refractivity (Wildman–Crippen MR) is 100.0 cm³/mol. The van der Waals surface area contributed by atoms with Crippen LogP contribution in [0.4, 0.5) is 13.2 Å². The van der Waals surface area contributed by atoms with Crippen LogP contribution in [-0.2, 0) is 4.79 Å². The maximum atomic E-state index is 12.4. The molecule has 0 bridgehead atoms. The lowest BCUT2D eigenvalue weighted by Gasteiger charge is -2.32. The first-order valence-corrected chi connectivity index (χ1v) is 9.15. The molecule has 4 nitrogen and oxygen atoms in total. The van der Waals surface area contributed by atoms with E-state index in [9.17, 15) is 18.0 Å². The lowest BCUT2D eigenvalue weighted by molar-refractivity contribution is -0.148. The molecule has 2 N–H and O–H groups in total. The zero-order chi connectivity index (χ0) is 17.2. The van der Waals surface area contributed by atoms with Gasteiger partial charge < -0.3 is 10.6 Å². The topological polar surface area (TPSA) is 44.4 Å². The van der Waals surface area contributed by atoms with E-state index in [1.807, 2.05) is 0 Å². The van der Waals surface area contributed by atoms with Crippen molar-refractivity contribution < 1.29 is 18.0 Å². The number of amides is 1. The van der Waals surface area contributed by atoms with Crippen molar-refractivity contribution in [3.63, 3.8) is 0 Å². The normalized spacial score (nSPS) is 25.9. The molecule has 26 heavy (non-hydrogen) atoms. The third kappa shape index (κ3) is 6.43. The zero-order valence-corrected chi connectivity index (χ0v) is 16.6. The summed E-state index contributed by atoms with van der Waals surface area (Å²) in [6.45, 7) is 2.91. The molecule has 3 rings (SSSR count). The van der Waals surface area contributed by atoms with Gasteiger partial charge in [0.1, 0.15) is 0 Å². The number of carbonyl (C=O) groups excluding carboxylic acids is 1. The minimum atomic E-state index is -4.10. The van der Waals surface area contributed by atoms with Crippen LogP contribution in [0.25, 0.3) is 0 Å². The van der Waals surface area contributed by atoms with Crippen LogP contribution < -0.4 is 10.6 Å². The number of likely N-dealkylation sites (tertiary alicyclic amines) is 1. The number of nitrogens with one attached hydrogen (secondary N) is 2. The molecule has 1 aliphatic carbocycles. The molecule has 0 aromatic heterocycles. The molecule has 0 aromatic carbocycles. The average molecular weight is 420 g/mol. The second-order valence-electron chi connectivity index (χ2n) is 7.78. The van der Waals surface area contributed by atoms with Gasteiger partial charge in [0.05, 0.1) is 6.54 Å². The van der Waals surface area contributed by atoms with Crippen LogP contribution in [0, 0.1) is 17.3 Å². The van der Waals surface area contributed by atoms with E-state index < -0.39 is 12.7 Å². The Morgan fingerprint density at radius 3 is 2.35 bits per heavy atom. The Hall–Kier alpha value is -0.240. The standard InChI is InChI=1S/C17H28F3N3O.2ClH/c18-17(19,20)12-23-9-2-13(3-10-23)1-6-22-15(24)14-11-16(14)4-7-21-8-5-16;;/h13-14,21H,1-12H2,(H,22,24);2*1H. The van der Waals surface area contributed by atoms with E-state index in [1.165, 1.54) is 4.90 Å². The molecule has 1 amide bonds. The molecular formula is C17H30Cl2F3N3O. The van der Waals surface area contributed by atoms with Crippen LogP contribution in [0.3, 0.4) is 0 Å². The monoisotopic (exact) mass is 419 g/mol. The molecule has 1 atom stereocenters. The maximum Gasteiger partial charge on any atom is 0.401 e. The SMILES string of the molecule is Cl.Cl.O=C(NCCC1CCN(CC(F)(F)F)CC1)C1CC12CCNCC2. The van der Waals surface area contributed by atoms with Crippen LogP contribution in [-0.4, -0.2) is 56.3 Å². The summed E-state index contributed by atoms with van der Waals surface area (Å²) < 4.78 is 37.1. The van der Waals surface area contributed by atoms with E-state index >= 15 is 0 Å². The van der Waals surface area contributed by atoms with E-state index in [4.69, 9.17) is 0 Å².